The van der Waals surface area contributed by atoms with Gasteiger partial charge in [0.25, 0.3) is 0 Å². The molecule has 23 heavy (non-hydrogen) atoms. The minimum Gasteiger partial charge on any atom is -0.491 e. The molecule has 4 nitrogen and oxygen atoms in total. The highest BCUT2D eigenvalue weighted by molar-refractivity contribution is 5.88. The van der Waals surface area contributed by atoms with Crippen LogP contribution in [0.1, 0.15) is 0 Å². The van der Waals surface area contributed by atoms with Crippen molar-refractivity contribution in [1.29, 1.82) is 0 Å². The van der Waals surface area contributed by atoms with Crippen molar-refractivity contribution in [3.8, 4) is 5.75 Å². The molecule has 0 saturated heterocycles. The van der Waals surface area contributed by atoms with Crippen molar-refractivity contribution in [1.82, 2.24) is 9.78 Å². The first-order chi connectivity index (χ1) is 11.3. The van der Waals surface area contributed by atoms with Gasteiger partial charge in [-0.25, -0.2) is 0 Å². The van der Waals surface area contributed by atoms with E-state index in [0.29, 0.717) is 13.2 Å². The van der Waals surface area contributed by atoms with E-state index in [4.69, 9.17) is 10.5 Å². The summed E-state index contributed by atoms with van der Waals surface area (Å²) in [5.74, 6) is 0.902. The molecule has 0 aliphatic heterocycles. The summed E-state index contributed by atoms with van der Waals surface area (Å²) in [7, 11) is 0. The number of benzene rings is 3. The Morgan fingerprint density at radius 2 is 1.83 bits per heavy atom. The van der Waals surface area contributed by atoms with Gasteiger partial charge in [0, 0.05) is 16.5 Å². The topological polar surface area (TPSA) is 53.1 Å². The number of fused-ring (bicyclic) bond motifs is 2. The predicted octanol–water partition coefficient (Wildman–Crippen LogP) is 3.85. The van der Waals surface area contributed by atoms with Crippen LogP contribution >= 0.6 is 0 Å². The van der Waals surface area contributed by atoms with E-state index in [2.05, 4.69) is 23.3 Å². The van der Waals surface area contributed by atoms with E-state index >= 15 is 0 Å². The third-order valence-electron chi connectivity index (χ3n) is 3.98. The summed E-state index contributed by atoms with van der Waals surface area (Å²) in [5, 5.41) is 7.81. The normalized spacial score (nSPS) is 11.1. The van der Waals surface area contributed by atoms with Crippen molar-refractivity contribution in [2.75, 3.05) is 12.3 Å². The van der Waals surface area contributed by atoms with Gasteiger partial charge in [-0.05, 0) is 29.7 Å². The molecular formula is C19H17N3O. The standard InChI is InChI=1S/C19H17N3O/c20-16-9-8-15-13-21-22(18(15)12-16)10-11-23-19-7-3-5-14-4-1-2-6-17(14)19/h1-9,12-13H,10-11,20H2. The number of nitrogens with two attached hydrogens (primary N) is 1. The molecule has 1 heterocycles. The molecule has 0 spiro atoms. The van der Waals surface area contributed by atoms with E-state index in [9.17, 15) is 0 Å². The monoisotopic (exact) mass is 303 g/mol. The second-order valence-corrected chi connectivity index (χ2v) is 5.51. The molecule has 0 amide bonds. The molecule has 3 aromatic carbocycles. The van der Waals surface area contributed by atoms with Gasteiger partial charge in [-0.1, -0.05) is 36.4 Å². The van der Waals surface area contributed by atoms with E-state index in [1.807, 2.05) is 53.3 Å². The van der Waals surface area contributed by atoms with Gasteiger partial charge < -0.3 is 10.5 Å². The molecule has 2 N–H and O–H groups in total. The Morgan fingerprint density at radius 3 is 2.78 bits per heavy atom. The van der Waals surface area contributed by atoms with E-state index in [1.165, 1.54) is 5.39 Å². The molecular weight excluding hydrogens is 286 g/mol. The second kappa shape index (κ2) is 5.65. The van der Waals surface area contributed by atoms with Crippen LogP contribution in [-0.4, -0.2) is 16.4 Å². The maximum atomic E-state index is 5.98. The van der Waals surface area contributed by atoms with Crippen LogP contribution in [0.2, 0.25) is 0 Å². The van der Waals surface area contributed by atoms with E-state index in [1.54, 1.807) is 0 Å². The number of hydrogen-bond donors (Lipinski definition) is 1. The summed E-state index contributed by atoms with van der Waals surface area (Å²) in [6.07, 6.45) is 1.85. The molecule has 0 fully saturated rings. The van der Waals surface area contributed by atoms with Gasteiger partial charge in [0.05, 0.1) is 18.3 Å². The molecule has 0 unspecified atom stereocenters. The number of nitrogen functional groups attached to an aromatic ring is 1. The molecule has 114 valence electrons. The maximum Gasteiger partial charge on any atom is 0.127 e. The molecule has 0 radical (unpaired) electrons. The van der Waals surface area contributed by atoms with Gasteiger partial charge in [-0.3, -0.25) is 4.68 Å². The van der Waals surface area contributed by atoms with Gasteiger partial charge in [0.2, 0.25) is 0 Å². The van der Waals surface area contributed by atoms with Gasteiger partial charge in [0.15, 0.2) is 0 Å². The summed E-state index contributed by atoms with van der Waals surface area (Å²) in [6, 6.07) is 20.2. The van der Waals surface area contributed by atoms with Crippen molar-refractivity contribution in [3.63, 3.8) is 0 Å². The zero-order chi connectivity index (χ0) is 15.6. The van der Waals surface area contributed by atoms with Crippen molar-refractivity contribution in [2.45, 2.75) is 6.54 Å². The minimum atomic E-state index is 0.555. The van der Waals surface area contributed by atoms with Crippen LogP contribution in [0.15, 0.2) is 66.9 Å². The first kappa shape index (κ1) is 13.6. The minimum absolute atomic E-state index is 0.555. The summed E-state index contributed by atoms with van der Waals surface area (Å²) in [6.45, 7) is 1.23. The van der Waals surface area contributed by atoms with Crippen molar-refractivity contribution < 1.29 is 4.74 Å². The summed E-state index contributed by atoms with van der Waals surface area (Å²) >= 11 is 0. The van der Waals surface area contributed by atoms with Gasteiger partial charge in [-0.2, -0.15) is 5.10 Å². The lowest BCUT2D eigenvalue weighted by atomic mass is 10.1. The maximum absolute atomic E-state index is 5.98. The highest BCUT2D eigenvalue weighted by Crippen LogP contribution is 2.25. The first-order valence-electron chi connectivity index (χ1n) is 7.63. The highest BCUT2D eigenvalue weighted by Gasteiger charge is 2.05. The van der Waals surface area contributed by atoms with Crippen LogP contribution in [0.4, 0.5) is 5.69 Å². The average molecular weight is 303 g/mol. The lowest BCUT2D eigenvalue weighted by molar-refractivity contribution is 0.297. The summed E-state index contributed by atoms with van der Waals surface area (Å²) < 4.78 is 7.91. The van der Waals surface area contributed by atoms with Crippen LogP contribution < -0.4 is 10.5 Å². The van der Waals surface area contributed by atoms with Crippen LogP contribution in [0.5, 0.6) is 5.75 Å². The van der Waals surface area contributed by atoms with Gasteiger partial charge in [-0.15, -0.1) is 0 Å². The fourth-order valence-corrected chi connectivity index (χ4v) is 2.83. The number of aromatic nitrogens is 2. The summed E-state index contributed by atoms with van der Waals surface area (Å²) in [5.41, 5.74) is 7.64. The lowest BCUT2D eigenvalue weighted by Gasteiger charge is -2.10. The Kier molecular flexibility index (Phi) is 3.35. The van der Waals surface area contributed by atoms with Crippen LogP contribution in [0.25, 0.3) is 21.7 Å². The quantitative estimate of drug-likeness (QED) is 0.583. The van der Waals surface area contributed by atoms with Crippen LogP contribution in [0.3, 0.4) is 0 Å². The van der Waals surface area contributed by atoms with Crippen LogP contribution in [0, 0.1) is 0 Å². The molecule has 4 heteroatoms. The molecule has 4 rings (SSSR count). The molecule has 0 aliphatic rings. The van der Waals surface area contributed by atoms with E-state index < -0.39 is 0 Å². The zero-order valence-electron chi connectivity index (χ0n) is 12.6. The van der Waals surface area contributed by atoms with Gasteiger partial charge in [0.1, 0.15) is 12.4 Å². The number of rotatable bonds is 4. The van der Waals surface area contributed by atoms with Crippen molar-refractivity contribution >= 4 is 27.4 Å². The third kappa shape index (κ3) is 2.59. The van der Waals surface area contributed by atoms with Gasteiger partial charge >= 0.3 is 0 Å². The number of hydrogen-bond acceptors (Lipinski definition) is 3. The molecule has 0 saturated carbocycles. The fourth-order valence-electron chi connectivity index (χ4n) is 2.83. The molecule has 1 aromatic heterocycles. The molecule has 0 aliphatic carbocycles. The Hall–Kier alpha value is -3.01. The van der Waals surface area contributed by atoms with E-state index in [-0.39, 0.29) is 0 Å². The SMILES string of the molecule is Nc1ccc2cnn(CCOc3cccc4ccccc34)c2c1. The Labute approximate surface area is 134 Å². The number of nitrogens with zero attached hydrogens (tertiary/aromatic N) is 2. The Balaban J connectivity index is 1.53. The zero-order valence-corrected chi connectivity index (χ0v) is 12.6. The lowest BCUT2D eigenvalue weighted by Crippen LogP contribution is -2.09. The highest BCUT2D eigenvalue weighted by atomic mass is 16.5. The second-order valence-electron chi connectivity index (χ2n) is 5.51. The molecule has 4 aromatic rings. The third-order valence-corrected chi connectivity index (χ3v) is 3.98. The van der Waals surface area contributed by atoms with E-state index in [0.717, 1.165) is 27.7 Å². The Morgan fingerprint density at radius 1 is 0.957 bits per heavy atom. The first-order valence-corrected chi connectivity index (χ1v) is 7.63. The average Bonchev–Trinajstić information content (AvgIpc) is 2.97. The van der Waals surface area contributed by atoms with Crippen molar-refractivity contribution in [3.05, 3.63) is 66.9 Å². The largest absolute Gasteiger partial charge is 0.491 e. The van der Waals surface area contributed by atoms with Crippen molar-refractivity contribution in [2.24, 2.45) is 0 Å². The number of ether oxygens (including phenoxy) is 1. The number of anilines is 1. The predicted molar refractivity (Wildman–Crippen MR) is 93.6 cm³/mol. The fraction of sp³-hybridized carbons (Fsp3) is 0.105. The summed E-state index contributed by atoms with van der Waals surface area (Å²) in [4.78, 5) is 0. The molecule has 0 atom stereocenters. The van der Waals surface area contributed by atoms with Crippen LogP contribution in [-0.2, 0) is 6.54 Å². The smallest absolute Gasteiger partial charge is 0.127 e. The Bertz CT molecular complexity index is 969. The molecule has 0 bridgehead atoms.